The Morgan fingerprint density at radius 3 is 2.23 bits per heavy atom. The molecule has 0 heterocycles. The molecule has 5 aliphatic carbocycles. The lowest BCUT2D eigenvalue weighted by Gasteiger charge is -2.72. The highest BCUT2D eigenvalue weighted by molar-refractivity contribution is 6.05. The highest BCUT2D eigenvalue weighted by atomic mass is 16.5. The second kappa shape index (κ2) is 7.68. The Morgan fingerprint density at radius 2 is 1.60 bits per heavy atom. The minimum Gasteiger partial charge on any atom is -0.468 e. The summed E-state index contributed by atoms with van der Waals surface area (Å²) < 4.78 is 5.39. The van der Waals surface area contributed by atoms with E-state index in [1.54, 1.807) is 0 Å². The first-order valence-corrected chi connectivity index (χ1v) is 14.2. The summed E-state index contributed by atoms with van der Waals surface area (Å²) >= 11 is 0. The number of ketones is 1. The Balaban J connectivity index is 1.62. The molecule has 4 fully saturated rings. The fraction of sp³-hybridized carbons (Fsp3) is 0.871. The van der Waals surface area contributed by atoms with Gasteiger partial charge in [0.05, 0.1) is 18.6 Å². The van der Waals surface area contributed by atoms with Gasteiger partial charge in [0, 0.05) is 6.42 Å². The van der Waals surface area contributed by atoms with Gasteiger partial charge in [0.15, 0.2) is 5.78 Å². The molecule has 4 saturated carbocycles. The molecule has 4 heteroatoms. The van der Waals surface area contributed by atoms with Crippen molar-refractivity contribution in [3.8, 4) is 0 Å². The van der Waals surface area contributed by atoms with E-state index in [9.17, 15) is 14.7 Å². The van der Waals surface area contributed by atoms with Crippen LogP contribution in [-0.2, 0) is 14.3 Å². The predicted octanol–water partition coefficient (Wildman–Crippen LogP) is 6.50. The molecule has 0 aliphatic heterocycles. The maximum atomic E-state index is 13.4. The molecule has 3 unspecified atom stereocenters. The first-order valence-electron chi connectivity index (χ1n) is 14.2. The summed E-state index contributed by atoms with van der Waals surface area (Å²) in [6.07, 6.45) is 8.35. The second-order valence-corrected chi connectivity index (χ2v) is 14.6. The number of aliphatic hydroxyl groups is 1. The molecule has 0 radical (unpaired) electrons. The lowest BCUT2D eigenvalue weighted by Crippen LogP contribution is -2.65. The number of aliphatic hydroxyl groups excluding tert-OH is 1. The molecular weight excluding hydrogens is 436 g/mol. The van der Waals surface area contributed by atoms with Crippen molar-refractivity contribution in [2.45, 2.75) is 112 Å². The topological polar surface area (TPSA) is 63.6 Å². The number of carbonyl (C=O) groups excluding carboxylic acids is 2. The van der Waals surface area contributed by atoms with Gasteiger partial charge in [-0.2, -0.15) is 0 Å². The van der Waals surface area contributed by atoms with Crippen LogP contribution in [0.15, 0.2) is 11.1 Å². The molecule has 0 amide bonds. The van der Waals surface area contributed by atoms with Crippen molar-refractivity contribution >= 4 is 11.8 Å². The molecule has 35 heavy (non-hydrogen) atoms. The van der Waals surface area contributed by atoms with Crippen LogP contribution in [0.5, 0.6) is 0 Å². The normalized spacial score (nSPS) is 48.7. The minimum absolute atomic E-state index is 0.0517. The van der Waals surface area contributed by atoms with Crippen LogP contribution >= 0.6 is 0 Å². The zero-order valence-corrected chi connectivity index (χ0v) is 23.4. The quantitative estimate of drug-likeness (QED) is 0.454. The number of Topliss-reactive ketones (excluding diaryl/α,β-unsaturated/α-hetero) is 1. The SMILES string of the molecule is COC(=O)[C@@]12CC[C@]3(C)C(CCC4[C@@]5(C)CC[C@H](O)C(C)(C)C5CC[C@]43C)C1=C(C(C)C)C(=O)C2. The van der Waals surface area contributed by atoms with Gasteiger partial charge in [0.25, 0.3) is 0 Å². The van der Waals surface area contributed by atoms with Gasteiger partial charge < -0.3 is 9.84 Å². The lowest BCUT2D eigenvalue weighted by atomic mass is 9.33. The van der Waals surface area contributed by atoms with Gasteiger partial charge >= 0.3 is 5.97 Å². The maximum Gasteiger partial charge on any atom is 0.316 e. The molecule has 0 aromatic carbocycles. The number of fused-ring (bicyclic) bond motifs is 7. The molecule has 196 valence electrons. The summed E-state index contributed by atoms with van der Waals surface area (Å²) in [7, 11) is 1.49. The molecule has 5 aliphatic rings. The van der Waals surface area contributed by atoms with E-state index < -0.39 is 5.41 Å². The van der Waals surface area contributed by atoms with Crippen molar-refractivity contribution in [3.63, 3.8) is 0 Å². The third-order valence-electron chi connectivity index (χ3n) is 13.0. The summed E-state index contributed by atoms with van der Waals surface area (Å²) in [5, 5.41) is 10.9. The number of carbonyl (C=O) groups is 2. The van der Waals surface area contributed by atoms with E-state index in [-0.39, 0.29) is 51.4 Å². The van der Waals surface area contributed by atoms with E-state index in [1.165, 1.54) is 19.1 Å². The number of rotatable bonds is 2. The molecule has 1 N–H and O–H groups in total. The average Bonchev–Trinajstić information content (AvgIpc) is 3.10. The highest BCUT2D eigenvalue weighted by Gasteiger charge is 2.71. The van der Waals surface area contributed by atoms with Crippen LogP contribution in [0.3, 0.4) is 0 Å². The number of esters is 1. The van der Waals surface area contributed by atoms with Gasteiger partial charge in [0.2, 0.25) is 0 Å². The second-order valence-electron chi connectivity index (χ2n) is 14.6. The zero-order valence-electron chi connectivity index (χ0n) is 23.4. The van der Waals surface area contributed by atoms with Crippen LogP contribution in [0.4, 0.5) is 0 Å². The number of methoxy groups -OCH3 is 1. The van der Waals surface area contributed by atoms with Gasteiger partial charge in [-0.3, -0.25) is 9.59 Å². The van der Waals surface area contributed by atoms with Gasteiger partial charge in [-0.1, -0.05) is 48.5 Å². The summed E-state index contributed by atoms with van der Waals surface area (Å²) in [6, 6.07) is 0. The number of hydrogen-bond donors (Lipinski definition) is 1. The molecule has 4 nitrogen and oxygen atoms in total. The predicted molar refractivity (Wildman–Crippen MR) is 137 cm³/mol. The van der Waals surface area contributed by atoms with E-state index in [4.69, 9.17) is 4.74 Å². The van der Waals surface area contributed by atoms with E-state index in [0.717, 1.165) is 50.5 Å². The molecule has 5 rings (SSSR count). The van der Waals surface area contributed by atoms with Gasteiger partial charge in [-0.15, -0.1) is 0 Å². The third-order valence-corrected chi connectivity index (χ3v) is 13.0. The standard InChI is InChI=1S/C31H48O4/c1-18(2)24-20(32)17-31(26(34)35-8)16-15-29(6)19(25(24)31)9-10-22-28(5)13-12-23(33)27(3,4)21(28)11-14-30(22,29)7/h18-19,21-23,33H,9-17H2,1-8H3/t19?,21?,22?,23-,28-,29+,30+,31+/m0/s1. The van der Waals surface area contributed by atoms with Gasteiger partial charge in [0.1, 0.15) is 0 Å². The Hall–Kier alpha value is -1.16. The highest BCUT2D eigenvalue weighted by Crippen LogP contribution is 2.76. The van der Waals surface area contributed by atoms with Crippen molar-refractivity contribution in [3.05, 3.63) is 11.1 Å². The van der Waals surface area contributed by atoms with Crippen molar-refractivity contribution in [2.75, 3.05) is 7.11 Å². The third kappa shape index (κ3) is 2.95. The lowest BCUT2D eigenvalue weighted by molar-refractivity contribution is -0.229. The van der Waals surface area contributed by atoms with Crippen molar-refractivity contribution in [1.82, 2.24) is 0 Å². The largest absolute Gasteiger partial charge is 0.468 e. The molecule has 0 spiro atoms. The van der Waals surface area contributed by atoms with Crippen LogP contribution in [0.25, 0.3) is 0 Å². The Kier molecular flexibility index (Phi) is 5.59. The van der Waals surface area contributed by atoms with Crippen LogP contribution < -0.4 is 0 Å². The van der Waals surface area contributed by atoms with E-state index in [1.807, 2.05) is 0 Å². The molecule has 8 atom stereocenters. The van der Waals surface area contributed by atoms with Crippen LogP contribution in [0.2, 0.25) is 0 Å². The summed E-state index contributed by atoms with van der Waals surface area (Å²) in [5.41, 5.74) is 1.76. The summed E-state index contributed by atoms with van der Waals surface area (Å²) in [6.45, 7) is 16.4. The monoisotopic (exact) mass is 484 g/mol. The molecular formula is C31H48O4. The maximum absolute atomic E-state index is 13.4. The number of ether oxygens (including phenoxy) is 1. The average molecular weight is 485 g/mol. The summed E-state index contributed by atoms with van der Waals surface area (Å²) in [5.74, 6) is 1.52. The van der Waals surface area contributed by atoms with Crippen molar-refractivity contribution in [2.24, 2.45) is 50.7 Å². The van der Waals surface area contributed by atoms with E-state index in [0.29, 0.717) is 18.3 Å². The Morgan fingerprint density at radius 1 is 0.914 bits per heavy atom. The van der Waals surface area contributed by atoms with E-state index in [2.05, 4.69) is 48.5 Å². The molecule has 0 aromatic rings. The fourth-order valence-corrected chi connectivity index (χ4v) is 11.0. The first-order chi connectivity index (χ1) is 16.2. The zero-order chi connectivity index (χ0) is 25.8. The summed E-state index contributed by atoms with van der Waals surface area (Å²) in [4.78, 5) is 26.7. The minimum atomic E-state index is -0.739. The van der Waals surface area contributed by atoms with Crippen molar-refractivity contribution < 1.29 is 19.4 Å². The molecule has 0 aromatic heterocycles. The van der Waals surface area contributed by atoms with Crippen LogP contribution in [-0.4, -0.2) is 30.1 Å². The molecule has 0 bridgehead atoms. The number of hydrogen-bond acceptors (Lipinski definition) is 4. The first kappa shape index (κ1) is 25.5. The van der Waals surface area contributed by atoms with E-state index >= 15 is 0 Å². The van der Waals surface area contributed by atoms with Crippen molar-refractivity contribution in [1.29, 1.82) is 0 Å². The fourth-order valence-electron chi connectivity index (χ4n) is 11.0. The molecule has 0 saturated heterocycles. The van der Waals surface area contributed by atoms with Crippen LogP contribution in [0, 0.1) is 50.7 Å². The van der Waals surface area contributed by atoms with Crippen LogP contribution in [0.1, 0.15) is 106 Å². The van der Waals surface area contributed by atoms with Gasteiger partial charge in [-0.25, -0.2) is 0 Å². The number of allylic oxidation sites excluding steroid dienone is 1. The smallest absolute Gasteiger partial charge is 0.316 e. The Labute approximate surface area is 212 Å². The Bertz CT molecular complexity index is 976. The van der Waals surface area contributed by atoms with Gasteiger partial charge in [-0.05, 0) is 108 Å².